The quantitative estimate of drug-likeness (QED) is 0.542. The third-order valence-corrected chi connectivity index (χ3v) is 3.11. The third kappa shape index (κ3) is 4.89. The average molecular weight is 312 g/mol. The fraction of sp³-hybridized carbons (Fsp3) is 0.562. The van der Waals surface area contributed by atoms with Gasteiger partial charge in [-0.3, -0.25) is 4.79 Å². The maximum Gasteiger partial charge on any atom is 0.303 e. The van der Waals surface area contributed by atoms with E-state index in [0.717, 1.165) is 0 Å². The summed E-state index contributed by atoms with van der Waals surface area (Å²) in [5.41, 5.74) is -0.880. The summed E-state index contributed by atoms with van der Waals surface area (Å²) < 4.78 is 26.9. The van der Waals surface area contributed by atoms with Crippen molar-refractivity contribution in [1.29, 1.82) is 0 Å². The zero-order chi connectivity index (χ0) is 16.8. The van der Waals surface area contributed by atoms with E-state index in [0.29, 0.717) is 11.5 Å². The monoisotopic (exact) mass is 312 g/mol. The smallest absolute Gasteiger partial charge is 0.303 e. The van der Waals surface area contributed by atoms with Crippen LogP contribution in [0.15, 0.2) is 24.3 Å². The number of ether oxygens (including phenoxy) is 5. The van der Waals surface area contributed by atoms with Crippen LogP contribution in [0.25, 0.3) is 0 Å². The molecule has 0 saturated carbocycles. The largest absolute Gasteiger partial charge is 0.497 e. The summed E-state index contributed by atoms with van der Waals surface area (Å²) in [7, 11) is 4.54. The van der Waals surface area contributed by atoms with Crippen LogP contribution in [-0.2, 0) is 19.0 Å². The van der Waals surface area contributed by atoms with Gasteiger partial charge in [0.25, 0.3) is 0 Å². The number of rotatable bonds is 8. The zero-order valence-corrected chi connectivity index (χ0v) is 13.9. The molecule has 0 radical (unpaired) electrons. The van der Waals surface area contributed by atoms with Crippen molar-refractivity contribution in [1.82, 2.24) is 0 Å². The first-order chi connectivity index (χ1) is 10.3. The molecule has 0 bridgehead atoms. The van der Waals surface area contributed by atoms with Gasteiger partial charge in [0, 0.05) is 27.2 Å². The van der Waals surface area contributed by atoms with E-state index in [9.17, 15) is 4.79 Å². The Balaban J connectivity index is 3.01. The maximum absolute atomic E-state index is 11.4. The van der Waals surface area contributed by atoms with Gasteiger partial charge in [0.05, 0.1) is 7.11 Å². The molecule has 0 fully saturated rings. The number of hydrogen-bond acceptors (Lipinski definition) is 6. The van der Waals surface area contributed by atoms with Gasteiger partial charge in [-0.25, -0.2) is 0 Å². The predicted octanol–water partition coefficient (Wildman–Crippen LogP) is 2.40. The summed E-state index contributed by atoms with van der Waals surface area (Å²) >= 11 is 0. The number of methoxy groups -OCH3 is 3. The molecule has 0 aromatic heterocycles. The van der Waals surface area contributed by atoms with Crippen molar-refractivity contribution >= 4 is 5.97 Å². The summed E-state index contributed by atoms with van der Waals surface area (Å²) in [6.45, 7) is 4.92. The molecule has 1 rings (SSSR count). The van der Waals surface area contributed by atoms with E-state index in [1.165, 1.54) is 21.1 Å². The Morgan fingerprint density at radius 3 is 2.18 bits per heavy atom. The molecule has 0 N–H and O–H groups in total. The second-order valence-corrected chi connectivity index (χ2v) is 5.25. The molecule has 0 saturated heterocycles. The van der Waals surface area contributed by atoms with Crippen LogP contribution in [0.5, 0.6) is 11.5 Å². The number of esters is 1. The first-order valence-electron chi connectivity index (χ1n) is 6.90. The van der Waals surface area contributed by atoms with E-state index in [1.807, 2.05) is 12.1 Å². The molecule has 0 heterocycles. The highest BCUT2D eigenvalue weighted by molar-refractivity contribution is 5.66. The Morgan fingerprint density at radius 2 is 1.68 bits per heavy atom. The normalized spacial score (nSPS) is 12.9. The fourth-order valence-corrected chi connectivity index (χ4v) is 2.07. The SMILES string of the molecule is COc1cccc(OC(C)(C)C(OC(C)=O)C(OC)OC)c1. The van der Waals surface area contributed by atoms with Gasteiger partial charge in [-0.1, -0.05) is 6.07 Å². The number of carbonyl (C=O) groups excluding carboxylic acids is 1. The lowest BCUT2D eigenvalue weighted by Gasteiger charge is -2.37. The van der Waals surface area contributed by atoms with Gasteiger partial charge in [-0.05, 0) is 26.0 Å². The van der Waals surface area contributed by atoms with Crippen molar-refractivity contribution < 1.29 is 28.5 Å². The lowest BCUT2D eigenvalue weighted by molar-refractivity contribution is -0.221. The van der Waals surface area contributed by atoms with Crippen LogP contribution in [-0.4, -0.2) is 45.3 Å². The highest BCUT2D eigenvalue weighted by Gasteiger charge is 2.41. The van der Waals surface area contributed by atoms with Crippen LogP contribution < -0.4 is 9.47 Å². The van der Waals surface area contributed by atoms with Gasteiger partial charge in [-0.15, -0.1) is 0 Å². The van der Waals surface area contributed by atoms with Crippen LogP contribution in [0.2, 0.25) is 0 Å². The van der Waals surface area contributed by atoms with Crippen molar-refractivity contribution in [3.8, 4) is 11.5 Å². The number of benzene rings is 1. The van der Waals surface area contributed by atoms with E-state index >= 15 is 0 Å². The minimum absolute atomic E-state index is 0.439. The maximum atomic E-state index is 11.4. The minimum atomic E-state index is -0.880. The zero-order valence-electron chi connectivity index (χ0n) is 13.9. The first kappa shape index (κ1) is 18.3. The Morgan fingerprint density at radius 1 is 1.09 bits per heavy atom. The van der Waals surface area contributed by atoms with Gasteiger partial charge in [0.2, 0.25) is 0 Å². The molecule has 22 heavy (non-hydrogen) atoms. The van der Waals surface area contributed by atoms with Crippen molar-refractivity contribution in [3.05, 3.63) is 24.3 Å². The summed E-state index contributed by atoms with van der Waals surface area (Å²) in [4.78, 5) is 11.4. The van der Waals surface area contributed by atoms with Crippen LogP contribution in [0.4, 0.5) is 0 Å². The second-order valence-electron chi connectivity index (χ2n) is 5.25. The molecule has 0 aliphatic rings. The van der Waals surface area contributed by atoms with E-state index < -0.39 is 24.0 Å². The molecule has 0 aliphatic heterocycles. The topological polar surface area (TPSA) is 63.2 Å². The molecule has 124 valence electrons. The van der Waals surface area contributed by atoms with Gasteiger partial charge < -0.3 is 23.7 Å². The van der Waals surface area contributed by atoms with Gasteiger partial charge in [0.15, 0.2) is 12.4 Å². The van der Waals surface area contributed by atoms with E-state index in [1.54, 1.807) is 33.1 Å². The molecule has 1 aromatic rings. The van der Waals surface area contributed by atoms with Crippen molar-refractivity contribution in [2.45, 2.75) is 38.8 Å². The lowest BCUT2D eigenvalue weighted by Crippen LogP contribution is -2.52. The van der Waals surface area contributed by atoms with Crippen LogP contribution in [0, 0.1) is 0 Å². The van der Waals surface area contributed by atoms with E-state index in [-0.39, 0.29) is 0 Å². The highest BCUT2D eigenvalue weighted by atomic mass is 16.7. The van der Waals surface area contributed by atoms with Crippen LogP contribution >= 0.6 is 0 Å². The first-order valence-corrected chi connectivity index (χ1v) is 6.90. The molecule has 1 aromatic carbocycles. The number of carbonyl (C=O) groups is 1. The third-order valence-electron chi connectivity index (χ3n) is 3.11. The lowest BCUT2D eigenvalue weighted by atomic mass is 10.0. The van der Waals surface area contributed by atoms with Crippen LogP contribution in [0.1, 0.15) is 20.8 Å². The van der Waals surface area contributed by atoms with Gasteiger partial charge in [0.1, 0.15) is 17.1 Å². The molecule has 0 spiro atoms. The number of hydrogen-bond donors (Lipinski definition) is 0. The summed E-state index contributed by atoms with van der Waals surface area (Å²) in [6.07, 6.45) is -1.49. The van der Waals surface area contributed by atoms with Crippen molar-refractivity contribution in [3.63, 3.8) is 0 Å². The Kier molecular flexibility index (Phi) is 6.64. The van der Waals surface area contributed by atoms with Crippen LogP contribution in [0.3, 0.4) is 0 Å². The van der Waals surface area contributed by atoms with E-state index in [4.69, 9.17) is 23.7 Å². The standard InChI is InChI=1S/C16H24O6/c1-11(17)21-14(15(19-5)20-6)16(2,3)22-13-9-7-8-12(10-13)18-4/h7-10,14-15H,1-6H3. The second kappa shape index (κ2) is 8.00. The van der Waals surface area contributed by atoms with Crippen molar-refractivity contribution in [2.75, 3.05) is 21.3 Å². The molecule has 6 heteroatoms. The molecule has 0 amide bonds. The summed E-state index contributed by atoms with van der Waals surface area (Å²) in [6, 6.07) is 7.18. The molecular weight excluding hydrogens is 288 g/mol. The average Bonchev–Trinajstić information content (AvgIpc) is 2.46. The van der Waals surface area contributed by atoms with Crippen molar-refractivity contribution in [2.24, 2.45) is 0 Å². The summed E-state index contributed by atoms with van der Waals surface area (Å²) in [5.74, 6) is 0.825. The molecule has 1 unspecified atom stereocenters. The highest BCUT2D eigenvalue weighted by Crippen LogP contribution is 2.28. The Labute approximate surface area is 131 Å². The Bertz CT molecular complexity index is 481. The predicted molar refractivity (Wildman–Crippen MR) is 81.1 cm³/mol. The fourth-order valence-electron chi connectivity index (χ4n) is 2.07. The molecule has 1 atom stereocenters. The summed E-state index contributed by atoms with van der Waals surface area (Å²) in [5, 5.41) is 0. The molecule has 6 nitrogen and oxygen atoms in total. The Hall–Kier alpha value is -1.79. The van der Waals surface area contributed by atoms with Gasteiger partial charge in [-0.2, -0.15) is 0 Å². The molecule has 0 aliphatic carbocycles. The van der Waals surface area contributed by atoms with E-state index in [2.05, 4.69) is 0 Å². The molecular formula is C16H24O6. The minimum Gasteiger partial charge on any atom is -0.497 e. The van der Waals surface area contributed by atoms with Gasteiger partial charge >= 0.3 is 5.97 Å².